The molecule has 0 spiro atoms. The second-order valence-corrected chi connectivity index (χ2v) is 36.8. The Kier molecular flexibility index (Phi) is 19.2. The molecule has 1 aliphatic heterocycles. The Balaban J connectivity index is 0.500. The third-order valence-electron chi connectivity index (χ3n) is 29.6. The molecule has 0 bridgehead atoms. The van der Waals surface area contributed by atoms with Crippen molar-refractivity contribution in [2.24, 2.45) is 5.92 Å². The lowest BCUT2D eigenvalue weighted by Crippen LogP contribution is -2.29. The van der Waals surface area contributed by atoms with Gasteiger partial charge in [0.2, 0.25) is 0 Å². The van der Waals surface area contributed by atoms with Gasteiger partial charge in [-0.3, -0.25) is 14.4 Å². The van der Waals surface area contributed by atoms with Crippen LogP contribution in [0.25, 0.3) is 115 Å². The number of hydrogen-bond acceptors (Lipinski definition) is 6. The van der Waals surface area contributed by atoms with Gasteiger partial charge < -0.3 is 19.2 Å². The van der Waals surface area contributed by atoms with Crippen molar-refractivity contribution in [1.29, 1.82) is 0 Å². The number of esters is 3. The highest BCUT2D eigenvalue weighted by Gasteiger charge is 2.51. The Morgan fingerprint density at radius 3 is 1.68 bits per heavy atom. The molecule has 630 valence electrons. The number of nitrogens with zero attached hydrogens (tertiary/aromatic N) is 1. The van der Waals surface area contributed by atoms with Crippen molar-refractivity contribution in [2.75, 3.05) is 0 Å². The summed E-state index contributed by atoms with van der Waals surface area (Å²) in [5.74, 6) is 1.34. The van der Waals surface area contributed by atoms with Crippen molar-refractivity contribution >= 4 is 112 Å². The Morgan fingerprint density at radius 1 is 0.477 bits per heavy atom. The topological polar surface area (TPSA) is 97.7 Å². The number of aromatic nitrogens is 1. The number of aryl methyl sites for hydroxylation is 7. The SMILES string of the molecule is CC1=C2CCc3cc(-c4ccc(OC(=O)CCCc5ccc6c7c(cccc57)C5=CC=CC7=CC=CC6C75)cc4)ccc3C2=[N+](B(F)F)/C1=C(\c1[nH]c2c(c1C)CCc1cc(-c3ccc(OC(=O)CCCc4ccc5c6c(cccc46)C4=C6C(=CC=CC65)CC=C4)cc3)ccc1-2)c1c(C)cc(OC(=O)CCCc2ccc3c4cccc5cccc(c6cccc2c63)c54)cc1C. The molecular weight excluding hydrogens is 1600 g/mol. The zero-order valence-electron chi connectivity index (χ0n) is 73.1. The number of ether oxygens (including phenoxy) is 3. The summed E-state index contributed by atoms with van der Waals surface area (Å²) < 4.78 is 54.0. The van der Waals surface area contributed by atoms with Crippen molar-refractivity contribution < 1.29 is 41.7 Å². The molecule has 2 heterocycles. The molecule has 9 aliphatic rings. The standard InChI is InChI=1S/C119H91BF2N2O6/c1-67-63-85(130-107(127)40-13-19-75-47-62-104-98-34-10-25-78-22-7-31-95(111(78)98)101-37-16-28-90(75)114(101)104)64-68(2)108(67)115(116-69(3)86-56-50-81-65-79(48-58-91(81)117(86)123-116)71-41-52-83(53-42-71)128-105(125)38-11-17-73-45-60-102-96-32-8-23-76-20-5-29-93(109(76)96)99-35-14-26-88(73)112(99)102)118-70(4)87-57-51-82-66-80(49-59-92(82)119(87)124(118)120(121)122)72-43-54-84(55-44-72)129-106(126)39-12-18-74-46-61-103-97-33-9-24-77-21-6-30-94(110(77)97)100-36-15-27-89(74)113(100)103/h5-10,14-16,21-37,41-49,52-55,58-66,96-97,110H,11-13,17-20,38-40,50-51,56-57H2,1-4H3/p+1. The van der Waals surface area contributed by atoms with E-state index in [9.17, 15) is 14.4 Å². The molecule has 130 heavy (non-hydrogen) atoms. The van der Waals surface area contributed by atoms with Crippen molar-refractivity contribution in [2.45, 2.75) is 129 Å². The fourth-order valence-corrected chi connectivity index (χ4v) is 23.8. The molecule has 0 radical (unpaired) electrons. The highest BCUT2D eigenvalue weighted by Crippen LogP contribution is 2.56. The van der Waals surface area contributed by atoms with Gasteiger partial charge in [-0.2, -0.15) is 0 Å². The van der Waals surface area contributed by atoms with Crippen molar-refractivity contribution in [3.05, 3.63) is 414 Å². The van der Waals surface area contributed by atoms with Gasteiger partial charge in [0.1, 0.15) is 17.2 Å². The Morgan fingerprint density at radius 2 is 1.02 bits per heavy atom. The quantitative estimate of drug-likeness (QED) is 0.0268. The van der Waals surface area contributed by atoms with E-state index in [1.165, 1.54) is 136 Å². The van der Waals surface area contributed by atoms with Gasteiger partial charge in [0.15, 0.2) is 11.4 Å². The third kappa shape index (κ3) is 13.0. The van der Waals surface area contributed by atoms with E-state index in [-0.39, 0.29) is 43.1 Å². The number of allylic oxidation sites excluding steroid dienone is 18. The van der Waals surface area contributed by atoms with Gasteiger partial charge >= 0.3 is 25.3 Å². The number of fused-ring (bicyclic) bond motifs is 12. The molecule has 1 N–H and O–H groups in total. The number of carbonyl (C=O) groups is 3. The first kappa shape index (κ1) is 79.0. The molecule has 0 amide bonds. The van der Waals surface area contributed by atoms with E-state index >= 15 is 8.63 Å². The Hall–Kier alpha value is -14.4. The second kappa shape index (κ2) is 31.5. The fraction of sp³-hybridized carbons (Fsp3) is 0.176. The Labute approximate surface area is 754 Å². The maximum atomic E-state index is 17.2. The van der Waals surface area contributed by atoms with Crippen LogP contribution in [0.1, 0.15) is 159 Å². The molecule has 15 aromatic rings. The van der Waals surface area contributed by atoms with Gasteiger partial charge in [-0.05, 0) is 333 Å². The smallest absolute Gasteiger partial charge is 0.427 e. The summed E-state index contributed by atoms with van der Waals surface area (Å²) in [5.41, 5.74) is 33.0. The number of rotatable bonds is 20. The minimum atomic E-state index is -2.94. The van der Waals surface area contributed by atoms with Crippen LogP contribution in [0.15, 0.2) is 325 Å². The fourth-order valence-electron chi connectivity index (χ4n) is 23.8. The number of halogens is 2. The van der Waals surface area contributed by atoms with Crippen LogP contribution >= 0.6 is 0 Å². The third-order valence-corrected chi connectivity index (χ3v) is 29.6. The van der Waals surface area contributed by atoms with E-state index in [1.807, 2.05) is 93.6 Å². The monoisotopic (exact) mass is 1690 g/mol. The first-order chi connectivity index (χ1) is 63.7. The maximum Gasteiger partial charge on any atom is 0.935 e. The van der Waals surface area contributed by atoms with E-state index in [0.29, 0.717) is 91.0 Å². The van der Waals surface area contributed by atoms with Crippen molar-refractivity contribution in [3.8, 4) is 50.8 Å². The number of benzene rings is 14. The van der Waals surface area contributed by atoms with Crippen molar-refractivity contribution in [1.82, 2.24) is 4.98 Å². The van der Waals surface area contributed by atoms with Gasteiger partial charge in [-0.25, -0.2) is 13.1 Å². The molecule has 14 aromatic carbocycles. The lowest BCUT2D eigenvalue weighted by atomic mass is 9.65. The second-order valence-electron chi connectivity index (χ2n) is 36.8. The van der Waals surface area contributed by atoms with E-state index < -0.39 is 7.40 Å². The normalized spacial score (nSPS) is 17.3. The molecule has 3 atom stereocenters. The van der Waals surface area contributed by atoms with E-state index in [0.717, 1.165) is 121 Å². The zero-order chi connectivity index (χ0) is 87.4. The molecule has 0 saturated heterocycles. The van der Waals surface area contributed by atoms with Crippen LogP contribution in [-0.4, -0.2) is 40.5 Å². The maximum absolute atomic E-state index is 17.2. The minimum Gasteiger partial charge on any atom is -0.427 e. The van der Waals surface area contributed by atoms with E-state index in [4.69, 9.17) is 14.2 Å². The molecular formula is C119H92BF2N2O6+. The zero-order valence-corrected chi connectivity index (χ0v) is 73.1. The number of H-pyrrole nitrogens is 1. The summed E-state index contributed by atoms with van der Waals surface area (Å²) in [5, 5.41) is 15.0. The van der Waals surface area contributed by atoms with Crippen molar-refractivity contribution in [3.63, 3.8) is 0 Å². The molecule has 3 unspecified atom stereocenters. The molecule has 8 aliphatic carbocycles. The minimum absolute atomic E-state index is 0.194. The molecule has 0 saturated carbocycles. The summed E-state index contributed by atoms with van der Waals surface area (Å²) in [6.45, 7) is 8.13. The molecule has 1 aromatic heterocycles. The predicted molar refractivity (Wildman–Crippen MR) is 523 cm³/mol. The summed E-state index contributed by atoms with van der Waals surface area (Å²) in [6.07, 6.45) is 33.3. The van der Waals surface area contributed by atoms with E-state index in [1.54, 1.807) is 0 Å². The summed E-state index contributed by atoms with van der Waals surface area (Å²) in [4.78, 5) is 45.4. The molecule has 0 fully saturated rings. The number of hydrogen-bond donors (Lipinski definition) is 1. The van der Waals surface area contributed by atoms with Crippen LogP contribution in [0.3, 0.4) is 0 Å². The van der Waals surface area contributed by atoms with Crippen LogP contribution in [-0.2, 0) is 52.9 Å². The van der Waals surface area contributed by atoms with Gasteiger partial charge in [0, 0.05) is 65.0 Å². The average Bonchev–Trinajstić information content (AvgIpc) is 0.885. The van der Waals surface area contributed by atoms with Crippen LogP contribution in [0.4, 0.5) is 8.63 Å². The number of nitrogens with one attached hydrogen (secondary N) is 1. The molecule has 8 nitrogen and oxygen atoms in total. The molecule has 11 heteroatoms. The van der Waals surface area contributed by atoms with Gasteiger partial charge in [0.25, 0.3) is 0 Å². The first-order valence-corrected chi connectivity index (χ1v) is 46.2. The highest BCUT2D eigenvalue weighted by molar-refractivity contribution is 6.37. The Bertz CT molecular complexity index is 7830. The van der Waals surface area contributed by atoms with Crippen LogP contribution < -0.4 is 14.2 Å². The summed E-state index contributed by atoms with van der Waals surface area (Å²) >= 11 is 0. The lowest BCUT2D eigenvalue weighted by molar-refractivity contribution is -0.342. The first-order valence-electron chi connectivity index (χ1n) is 46.2. The highest BCUT2D eigenvalue weighted by atomic mass is 19.2. The van der Waals surface area contributed by atoms with Crippen LogP contribution in [0, 0.1) is 26.7 Å². The van der Waals surface area contributed by atoms with Gasteiger partial charge in [-0.1, -0.05) is 249 Å². The largest absolute Gasteiger partial charge is 0.935 e. The summed E-state index contributed by atoms with van der Waals surface area (Å²) in [7, 11) is -2.94. The lowest BCUT2D eigenvalue weighted by Gasteiger charge is -2.38. The molecule has 24 rings (SSSR count). The predicted octanol–water partition coefficient (Wildman–Crippen LogP) is 28.1. The van der Waals surface area contributed by atoms with Crippen LogP contribution in [0.2, 0.25) is 0 Å². The van der Waals surface area contributed by atoms with Gasteiger partial charge in [-0.15, -0.1) is 0 Å². The average molecular weight is 1690 g/mol. The summed E-state index contributed by atoms with van der Waals surface area (Å²) in [6, 6.07) is 78.5. The van der Waals surface area contributed by atoms with Crippen LogP contribution in [0.5, 0.6) is 17.2 Å². The number of carbonyl (C=O) groups excluding carboxylic acids is 3. The number of aromatic amines is 1. The van der Waals surface area contributed by atoms with E-state index in [2.05, 4.69) is 230 Å². The van der Waals surface area contributed by atoms with Gasteiger partial charge in [0.05, 0.1) is 11.3 Å².